The van der Waals surface area contributed by atoms with Gasteiger partial charge in [0.15, 0.2) is 0 Å². The van der Waals surface area contributed by atoms with E-state index in [0.717, 1.165) is 5.69 Å². The molecule has 0 fully saturated rings. The van der Waals surface area contributed by atoms with E-state index in [-0.39, 0.29) is 0 Å². The molecule has 0 unspecified atom stereocenters. The SMILES string of the molecule is c1ccc(-c2c(-c3ccccc3)c(-c3ccccc3)c3c(c2-c2ccccc2)c2ccc(-c4cccc(-c5cccc6c5sc5ccccc56)c4)cc2n3-c2ccccc2)cc1. The molecule has 0 N–H and O–H groups in total. The van der Waals surface area contributed by atoms with Crippen molar-refractivity contribution in [3.05, 3.63) is 237 Å². The van der Waals surface area contributed by atoms with Crippen molar-refractivity contribution in [3.63, 3.8) is 0 Å². The molecule has 12 rings (SSSR count). The maximum Gasteiger partial charge on any atom is 0.0632 e. The Hall–Kier alpha value is -7.78. The van der Waals surface area contributed by atoms with Gasteiger partial charge in [0, 0.05) is 53.3 Å². The van der Waals surface area contributed by atoms with Crippen molar-refractivity contribution >= 4 is 53.3 Å². The topological polar surface area (TPSA) is 4.93 Å². The van der Waals surface area contributed by atoms with Gasteiger partial charge in [-0.1, -0.05) is 206 Å². The maximum absolute atomic E-state index is 2.53. The summed E-state index contributed by atoms with van der Waals surface area (Å²) in [6.45, 7) is 0. The summed E-state index contributed by atoms with van der Waals surface area (Å²) in [5, 5.41) is 5.09. The fourth-order valence-corrected chi connectivity index (χ4v) is 10.9. The third kappa shape index (κ3) is 5.91. The van der Waals surface area contributed by atoms with Crippen LogP contribution in [0.1, 0.15) is 0 Å². The van der Waals surface area contributed by atoms with Gasteiger partial charge in [-0.3, -0.25) is 0 Å². The van der Waals surface area contributed by atoms with Gasteiger partial charge in [0.1, 0.15) is 0 Å². The lowest BCUT2D eigenvalue weighted by atomic mass is 9.80. The predicted molar refractivity (Wildman–Crippen MR) is 266 cm³/mol. The van der Waals surface area contributed by atoms with Crippen LogP contribution in [-0.2, 0) is 0 Å². The predicted octanol–water partition coefficient (Wildman–Crippen LogP) is 17.2. The fraction of sp³-hybridized carbons (Fsp3) is 0. The van der Waals surface area contributed by atoms with E-state index in [1.165, 1.54) is 109 Å². The summed E-state index contributed by atoms with van der Waals surface area (Å²) < 4.78 is 5.18. The molecule has 10 aromatic carbocycles. The first kappa shape index (κ1) is 36.1. The highest BCUT2D eigenvalue weighted by Gasteiger charge is 2.29. The quantitative estimate of drug-likeness (QED) is 0.151. The summed E-state index contributed by atoms with van der Waals surface area (Å²) in [4.78, 5) is 0. The first-order chi connectivity index (χ1) is 30.8. The summed E-state index contributed by atoms with van der Waals surface area (Å²) >= 11 is 1.88. The highest BCUT2D eigenvalue weighted by atomic mass is 32.1. The number of rotatable bonds is 7. The second kappa shape index (κ2) is 15.0. The summed E-state index contributed by atoms with van der Waals surface area (Å²) in [6.07, 6.45) is 0. The number of nitrogens with zero attached hydrogens (tertiary/aromatic N) is 1. The molecule has 0 atom stereocenters. The van der Waals surface area contributed by atoms with Crippen LogP contribution in [0.3, 0.4) is 0 Å². The van der Waals surface area contributed by atoms with Crippen molar-refractivity contribution in [3.8, 4) is 72.4 Å². The number of thiophene rings is 1. The lowest BCUT2D eigenvalue weighted by Crippen LogP contribution is -2.00. The number of hydrogen-bond donors (Lipinski definition) is 0. The molecule has 0 aliphatic heterocycles. The molecule has 0 radical (unpaired) electrons. The van der Waals surface area contributed by atoms with Gasteiger partial charge < -0.3 is 4.57 Å². The summed E-state index contributed by atoms with van der Waals surface area (Å²) in [6, 6.07) is 86.7. The van der Waals surface area contributed by atoms with Gasteiger partial charge >= 0.3 is 0 Å². The van der Waals surface area contributed by atoms with E-state index >= 15 is 0 Å². The molecule has 0 amide bonds. The molecule has 62 heavy (non-hydrogen) atoms. The molecular formula is C60H39NS. The van der Waals surface area contributed by atoms with E-state index in [9.17, 15) is 0 Å². The minimum atomic E-state index is 1.12. The molecule has 0 saturated heterocycles. The number of benzene rings is 10. The Morgan fingerprint density at radius 3 is 1.45 bits per heavy atom. The molecule has 12 aromatic rings. The molecule has 0 aliphatic carbocycles. The van der Waals surface area contributed by atoms with E-state index in [1.807, 2.05) is 11.3 Å². The summed E-state index contributed by atoms with van der Waals surface area (Å²) in [7, 11) is 0. The van der Waals surface area contributed by atoms with Gasteiger partial charge in [-0.25, -0.2) is 0 Å². The highest BCUT2D eigenvalue weighted by molar-refractivity contribution is 7.26. The van der Waals surface area contributed by atoms with Gasteiger partial charge in [-0.2, -0.15) is 0 Å². The first-order valence-electron chi connectivity index (χ1n) is 21.3. The Morgan fingerprint density at radius 2 is 0.790 bits per heavy atom. The van der Waals surface area contributed by atoms with Crippen molar-refractivity contribution in [1.29, 1.82) is 0 Å². The second-order valence-corrected chi connectivity index (χ2v) is 17.0. The average molecular weight is 806 g/mol. The molecule has 0 bridgehead atoms. The standard InChI is InChI=1S/C60H39NS/c1-6-20-40(21-7-1)54-55(41-22-8-2-9-23-41)57(43-26-12-4-13-27-43)59-58(56(54)42-24-10-3-11-25-42)51-37-36-45(39-52(51)61(59)47-30-14-5-15-31-47)44-28-18-29-46(38-44)48-33-19-34-50-49-32-16-17-35-53(49)62-60(48)50/h1-39H. The van der Waals surface area contributed by atoms with Crippen molar-refractivity contribution in [2.24, 2.45) is 0 Å². The van der Waals surface area contributed by atoms with Crippen molar-refractivity contribution in [2.75, 3.05) is 0 Å². The van der Waals surface area contributed by atoms with Crippen molar-refractivity contribution in [2.45, 2.75) is 0 Å². The molecule has 0 aliphatic rings. The molecule has 2 heterocycles. The van der Waals surface area contributed by atoms with Gasteiger partial charge in [0.25, 0.3) is 0 Å². The summed E-state index contributed by atoms with van der Waals surface area (Å²) in [5.41, 5.74) is 18.0. The van der Waals surface area contributed by atoms with Gasteiger partial charge in [0.05, 0.1) is 11.0 Å². The van der Waals surface area contributed by atoms with E-state index in [4.69, 9.17) is 0 Å². The Labute approximate surface area is 365 Å². The third-order valence-electron chi connectivity index (χ3n) is 12.4. The van der Waals surface area contributed by atoms with Crippen LogP contribution in [0.25, 0.3) is 114 Å². The van der Waals surface area contributed by atoms with Crippen LogP contribution in [-0.4, -0.2) is 4.57 Å². The van der Waals surface area contributed by atoms with Gasteiger partial charge in [-0.15, -0.1) is 11.3 Å². The zero-order valence-corrected chi connectivity index (χ0v) is 34.7. The normalized spacial score (nSPS) is 11.5. The number of fused-ring (bicyclic) bond motifs is 6. The van der Waals surface area contributed by atoms with Crippen LogP contribution in [0.15, 0.2) is 237 Å². The van der Waals surface area contributed by atoms with Crippen LogP contribution >= 0.6 is 11.3 Å². The highest BCUT2D eigenvalue weighted by Crippen LogP contribution is 2.54. The van der Waals surface area contributed by atoms with Crippen LogP contribution in [0.4, 0.5) is 0 Å². The lowest BCUT2D eigenvalue weighted by molar-refractivity contribution is 1.18. The number of hydrogen-bond acceptors (Lipinski definition) is 1. The zero-order valence-electron chi connectivity index (χ0n) is 33.9. The monoisotopic (exact) mass is 805 g/mol. The maximum atomic E-state index is 2.53. The van der Waals surface area contributed by atoms with Gasteiger partial charge in [0.2, 0.25) is 0 Å². The Morgan fingerprint density at radius 1 is 0.306 bits per heavy atom. The van der Waals surface area contributed by atoms with Crippen LogP contribution in [0.2, 0.25) is 0 Å². The minimum Gasteiger partial charge on any atom is -0.309 e. The van der Waals surface area contributed by atoms with E-state index in [1.54, 1.807) is 0 Å². The van der Waals surface area contributed by atoms with E-state index in [0.29, 0.717) is 0 Å². The van der Waals surface area contributed by atoms with Crippen LogP contribution in [0.5, 0.6) is 0 Å². The third-order valence-corrected chi connectivity index (χ3v) is 13.6. The van der Waals surface area contributed by atoms with Crippen molar-refractivity contribution in [1.82, 2.24) is 4.57 Å². The van der Waals surface area contributed by atoms with Gasteiger partial charge in [-0.05, 0) is 80.4 Å². The van der Waals surface area contributed by atoms with E-state index in [2.05, 4.69) is 241 Å². The Kier molecular flexibility index (Phi) is 8.76. The fourth-order valence-electron chi connectivity index (χ4n) is 9.70. The first-order valence-corrected chi connectivity index (χ1v) is 22.1. The Bertz CT molecular complexity index is 3590. The molecule has 0 spiro atoms. The van der Waals surface area contributed by atoms with Crippen LogP contribution < -0.4 is 0 Å². The molecule has 290 valence electrons. The molecular weight excluding hydrogens is 767 g/mol. The van der Waals surface area contributed by atoms with Crippen LogP contribution in [0, 0.1) is 0 Å². The summed E-state index contributed by atoms with van der Waals surface area (Å²) in [5.74, 6) is 0. The second-order valence-electron chi connectivity index (χ2n) is 16.0. The number of para-hydroxylation sites is 1. The molecule has 0 saturated carbocycles. The minimum absolute atomic E-state index is 1.12. The molecule has 2 aromatic heterocycles. The zero-order chi connectivity index (χ0) is 41.0. The average Bonchev–Trinajstić information content (AvgIpc) is 3.90. The van der Waals surface area contributed by atoms with Crippen molar-refractivity contribution < 1.29 is 0 Å². The lowest BCUT2D eigenvalue weighted by Gasteiger charge is -2.24. The largest absolute Gasteiger partial charge is 0.309 e. The molecule has 1 nitrogen and oxygen atoms in total. The molecule has 2 heteroatoms. The van der Waals surface area contributed by atoms with E-state index < -0.39 is 0 Å². The Balaban J connectivity index is 1.22. The smallest absolute Gasteiger partial charge is 0.0632 e. The number of aromatic nitrogens is 1.